The van der Waals surface area contributed by atoms with Crippen LogP contribution < -0.4 is 5.32 Å². The van der Waals surface area contributed by atoms with E-state index in [0.717, 1.165) is 24.2 Å². The Morgan fingerprint density at radius 3 is 2.57 bits per heavy atom. The van der Waals surface area contributed by atoms with Crippen molar-refractivity contribution in [1.29, 1.82) is 0 Å². The van der Waals surface area contributed by atoms with Crippen molar-refractivity contribution in [3.05, 3.63) is 82.6 Å². The molecule has 4 rings (SSSR count). The number of nitrogens with one attached hydrogen (secondary N) is 1. The molecule has 1 N–H and O–H groups in total. The highest BCUT2D eigenvalue weighted by atomic mass is 35.5. The number of aromatic nitrogens is 3. The number of benzene rings is 2. The Bertz CT molecular complexity index is 955. The van der Waals surface area contributed by atoms with Gasteiger partial charge in [-0.1, -0.05) is 59.3 Å². The molecule has 0 saturated carbocycles. The summed E-state index contributed by atoms with van der Waals surface area (Å²) in [7, 11) is 0. The van der Waals surface area contributed by atoms with Gasteiger partial charge < -0.3 is 10.1 Å². The SMILES string of the molecule is O=C(NCC(c1ccc(Cl)cc1)N1CCOCC1)c1cn(Cc2ccccc2)nn1. The Balaban J connectivity index is 1.41. The molecule has 0 spiro atoms. The molecule has 2 heterocycles. The van der Waals surface area contributed by atoms with Crippen LogP contribution in [0.3, 0.4) is 0 Å². The van der Waals surface area contributed by atoms with Crippen LogP contribution in [0.2, 0.25) is 5.02 Å². The second-order valence-electron chi connectivity index (χ2n) is 7.21. The maximum Gasteiger partial charge on any atom is 0.273 e. The van der Waals surface area contributed by atoms with Crippen LogP contribution in [0.5, 0.6) is 0 Å². The fourth-order valence-electron chi connectivity index (χ4n) is 3.56. The summed E-state index contributed by atoms with van der Waals surface area (Å²) in [6.45, 7) is 4.04. The minimum Gasteiger partial charge on any atom is -0.379 e. The molecule has 0 radical (unpaired) electrons. The number of hydrogen-bond donors (Lipinski definition) is 1. The van der Waals surface area contributed by atoms with Crippen LogP contribution in [0, 0.1) is 0 Å². The van der Waals surface area contributed by atoms with E-state index in [9.17, 15) is 4.79 Å². The van der Waals surface area contributed by atoms with Crippen LogP contribution >= 0.6 is 11.6 Å². The predicted molar refractivity (Wildman–Crippen MR) is 114 cm³/mol. The zero-order valence-electron chi connectivity index (χ0n) is 16.6. The van der Waals surface area contributed by atoms with Crippen LogP contribution in [0.4, 0.5) is 0 Å². The van der Waals surface area contributed by atoms with Crippen LogP contribution in [0.15, 0.2) is 60.8 Å². The van der Waals surface area contributed by atoms with Crippen LogP contribution in [-0.4, -0.2) is 58.6 Å². The van der Waals surface area contributed by atoms with Gasteiger partial charge >= 0.3 is 0 Å². The van der Waals surface area contributed by atoms with E-state index in [4.69, 9.17) is 16.3 Å². The van der Waals surface area contributed by atoms with E-state index in [0.29, 0.717) is 37.0 Å². The van der Waals surface area contributed by atoms with Crippen molar-refractivity contribution in [1.82, 2.24) is 25.2 Å². The molecule has 1 aliphatic heterocycles. The van der Waals surface area contributed by atoms with E-state index >= 15 is 0 Å². The number of halogens is 1. The van der Waals surface area contributed by atoms with Crippen molar-refractivity contribution >= 4 is 17.5 Å². The van der Waals surface area contributed by atoms with Crippen molar-refractivity contribution in [2.45, 2.75) is 12.6 Å². The zero-order chi connectivity index (χ0) is 20.8. The number of amides is 1. The van der Waals surface area contributed by atoms with Gasteiger partial charge in [0.1, 0.15) is 0 Å². The molecule has 1 saturated heterocycles. The van der Waals surface area contributed by atoms with Gasteiger partial charge in [-0.05, 0) is 23.3 Å². The van der Waals surface area contributed by atoms with E-state index in [1.54, 1.807) is 10.9 Å². The minimum atomic E-state index is -0.235. The summed E-state index contributed by atoms with van der Waals surface area (Å²) in [6.07, 6.45) is 1.67. The van der Waals surface area contributed by atoms with Gasteiger partial charge in [-0.2, -0.15) is 0 Å². The Morgan fingerprint density at radius 2 is 1.83 bits per heavy atom. The number of ether oxygens (including phenoxy) is 1. The van der Waals surface area contributed by atoms with Crippen molar-refractivity contribution in [3.8, 4) is 0 Å². The lowest BCUT2D eigenvalue weighted by Gasteiger charge is -2.34. The summed E-state index contributed by atoms with van der Waals surface area (Å²) >= 11 is 6.05. The van der Waals surface area contributed by atoms with Gasteiger partial charge in [0, 0.05) is 24.7 Å². The number of morpholine rings is 1. The molecule has 3 aromatic rings. The molecule has 2 aromatic carbocycles. The molecule has 30 heavy (non-hydrogen) atoms. The molecular weight excluding hydrogens is 402 g/mol. The van der Waals surface area contributed by atoms with Gasteiger partial charge in [-0.25, -0.2) is 4.68 Å². The summed E-state index contributed by atoms with van der Waals surface area (Å²) in [5.41, 5.74) is 2.52. The Labute approximate surface area is 180 Å². The molecule has 7 nitrogen and oxygen atoms in total. The van der Waals surface area contributed by atoms with Gasteiger partial charge in [0.15, 0.2) is 5.69 Å². The van der Waals surface area contributed by atoms with Crippen molar-refractivity contribution < 1.29 is 9.53 Å². The standard InChI is InChI=1S/C22H24ClN5O2/c23-19-8-6-18(7-9-19)21(27-10-12-30-13-11-27)14-24-22(29)20-16-28(26-25-20)15-17-4-2-1-3-5-17/h1-9,16,21H,10-15H2,(H,24,29). The van der Waals surface area contributed by atoms with Gasteiger partial charge in [0.2, 0.25) is 0 Å². The summed E-state index contributed by atoms with van der Waals surface area (Å²) in [5, 5.41) is 11.8. The average Bonchev–Trinajstić information content (AvgIpc) is 3.25. The highest BCUT2D eigenvalue weighted by Crippen LogP contribution is 2.23. The monoisotopic (exact) mass is 425 g/mol. The first-order chi connectivity index (χ1) is 14.7. The molecule has 1 aliphatic rings. The number of hydrogen-bond acceptors (Lipinski definition) is 5. The first-order valence-electron chi connectivity index (χ1n) is 9.98. The number of carbonyl (C=O) groups is 1. The molecule has 1 amide bonds. The summed E-state index contributed by atoms with van der Waals surface area (Å²) in [5.74, 6) is -0.235. The Morgan fingerprint density at radius 1 is 1.10 bits per heavy atom. The van der Waals surface area contributed by atoms with Gasteiger partial charge in [0.05, 0.1) is 32.0 Å². The third-order valence-corrected chi connectivity index (χ3v) is 5.41. The van der Waals surface area contributed by atoms with Gasteiger partial charge in [0.25, 0.3) is 5.91 Å². The summed E-state index contributed by atoms with van der Waals surface area (Å²) in [4.78, 5) is 15.0. The zero-order valence-corrected chi connectivity index (χ0v) is 17.3. The molecule has 156 valence electrons. The summed E-state index contributed by atoms with van der Waals surface area (Å²) in [6, 6.07) is 17.7. The average molecular weight is 426 g/mol. The Kier molecular flexibility index (Phi) is 6.74. The fourth-order valence-corrected chi connectivity index (χ4v) is 3.69. The normalized spacial score (nSPS) is 15.6. The highest BCUT2D eigenvalue weighted by Gasteiger charge is 2.24. The molecule has 1 fully saturated rings. The second-order valence-corrected chi connectivity index (χ2v) is 7.65. The minimum absolute atomic E-state index is 0.0366. The van der Waals surface area contributed by atoms with Crippen LogP contribution in [-0.2, 0) is 11.3 Å². The second kappa shape index (κ2) is 9.84. The third kappa shape index (κ3) is 5.24. The lowest BCUT2D eigenvalue weighted by molar-refractivity contribution is 0.0162. The highest BCUT2D eigenvalue weighted by molar-refractivity contribution is 6.30. The predicted octanol–water partition coefficient (Wildman–Crippen LogP) is 2.78. The smallest absolute Gasteiger partial charge is 0.273 e. The first-order valence-corrected chi connectivity index (χ1v) is 10.4. The maximum atomic E-state index is 12.7. The number of carbonyl (C=O) groups excluding carboxylic acids is 1. The lowest BCUT2D eigenvalue weighted by atomic mass is 10.0. The van der Waals surface area contributed by atoms with E-state index in [1.165, 1.54) is 0 Å². The largest absolute Gasteiger partial charge is 0.379 e. The topological polar surface area (TPSA) is 72.3 Å². The van der Waals surface area contributed by atoms with Crippen LogP contribution in [0.25, 0.3) is 0 Å². The van der Waals surface area contributed by atoms with E-state index in [-0.39, 0.29) is 11.9 Å². The van der Waals surface area contributed by atoms with Gasteiger partial charge in [-0.3, -0.25) is 9.69 Å². The molecular formula is C22H24ClN5O2. The Hall–Kier alpha value is -2.74. The molecule has 1 unspecified atom stereocenters. The van der Waals surface area contributed by atoms with E-state index < -0.39 is 0 Å². The molecule has 1 aromatic heterocycles. The van der Waals surface area contributed by atoms with Crippen molar-refractivity contribution in [2.75, 3.05) is 32.8 Å². The number of nitrogens with zero attached hydrogens (tertiary/aromatic N) is 4. The maximum absolute atomic E-state index is 12.7. The lowest BCUT2D eigenvalue weighted by Crippen LogP contribution is -2.43. The fraction of sp³-hybridized carbons (Fsp3) is 0.318. The summed E-state index contributed by atoms with van der Waals surface area (Å²) < 4.78 is 7.15. The van der Waals surface area contributed by atoms with Gasteiger partial charge in [-0.15, -0.1) is 5.10 Å². The molecule has 0 bridgehead atoms. The molecule has 8 heteroatoms. The van der Waals surface area contributed by atoms with Crippen molar-refractivity contribution in [3.63, 3.8) is 0 Å². The molecule has 1 atom stereocenters. The van der Waals surface area contributed by atoms with Crippen molar-refractivity contribution in [2.24, 2.45) is 0 Å². The van der Waals surface area contributed by atoms with Crippen LogP contribution in [0.1, 0.15) is 27.7 Å². The quantitative estimate of drug-likeness (QED) is 0.630. The van der Waals surface area contributed by atoms with E-state index in [1.807, 2.05) is 54.6 Å². The molecule has 0 aliphatic carbocycles. The number of rotatable bonds is 7. The third-order valence-electron chi connectivity index (χ3n) is 5.16. The first kappa shape index (κ1) is 20.5. The van der Waals surface area contributed by atoms with E-state index in [2.05, 4.69) is 20.5 Å².